The first-order chi connectivity index (χ1) is 8.22. The number of hydrogen-bond donors (Lipinski definition) is 2. The van der Waals surface area contributed by atoms with Crippen LogP contribution in [0.2, 0.25) is 0 Å². The van der Waals surface area contributed by atoms with Crippen LogP contribution in [-0.4, -0.2) is 29.4 Å². The molecule has 17 heavy (non-hydrogen) atoms. The summed E-state index contributed by atoms with van der Waals surface area (Å²) in [5, 5.41) is 19.7. The molecule has 0 radical (unpaired) electrons. The fourth-order valence-corrected chi connectivity index (χ4v) is 2.45. The molecule has 1 aromatic rings. The molecule has 0 aromatic heterocycles. The Morgan fingerprint density at radius 1 is 1.41 bits per heavy atom. The number of nitrogens with zero attached hydrogens (tertiary/aromatic N) is 1. The van der Waals surface area contributed by atoms with E-state index in [9.17, 15) is 10.2 Å². The van der Waals surface area contributed by atoms with Crippen molar-refractivity contribution in [3.05, 3.63) is 29.8 Å². The van der Waals surface area contributed by atoms with Crippen LogP contribution in [0.25, 0.3) is 0 Å². The second kappa shape index (κ2) is 5.52. The summed E-state index contributed by atoms with van der Waals surface area (Å²) in [5.41, 5.74) is 2.05. The van der Waals surface area contributed by atoms with E-state index in [1.807, 2.05) is 31.2 Å². The summed E-state index contributed by atoms with van der Waals surface area (Å²) in [4.78, 5) is 2.18. The molecule has 2 unspecified atom stereocenters. The molecule has 1 fully saturated rings. The van der Waals surface area contributed by atoms with Gasteiger partial charge in [-0.2, -0.15) is 0 Å². The van der Waals surface area contributed by atoms with E-state index < -0.39 is 6.10 Å². The third-order valence-corrected chi connectivity index (χ3v) is 3.42. The minimum absolute atomic E-state index is 0.240. The van der Waals surface area contributed by atoms with Crippen molar-refractivity contribution in [2.24, 2.45) is 0 Å². The maximum atomic E-state index is 10.0. The lowest BCUT2D eigenvalue weighted by molar-refractivity contribution is 0.152. The lowest BCUT2D eigenvalue weighted by Gasteiger charge is -2.34. The number of aliphatic hydroxyl groups excluding tert-OH is 2. The molecule has 0 spiro atoms. The Labute approximate surface area is 103 Å². The Bertz CT molecular complexity index is 367. The van der Waals surface area contributed by atoms with Gasteiger partial charge in [0.25, 0.3) is 0 Å². The summed E-state index contributed by atoms with van der Waals surface area (Å²) >= 11 is 0. The second-order valence-electron chi connectivity index (χ2n) is 4.72. The Morgan fingerprint density at radius 3 is 2.88 bits per heavy atom. The zero-order chi connectivity index (χ0) is 12.3. The average molecular weight is 235 g/mol. The van der Waals surface area contributed by atoms with Crippen molar-refractivity contribution in [3.8, 4) is 0 Å². The molecule has 0 saturated carbocycles. The van der Waals surface area contributed by atoms with Crippen LogP contribution in [0.1, 0.15) is 37.9 Å². The van der Waals surface area contributed by atoms with Crippen LogP contribution < -0.4 is 4.90 Å². The van der Waals surface area contributed by atoms with Crippen molar-refractivity contribution in [3.63, 3.8) is 0 Å². The van der Waals surface area contributed by atoms with Crippen molar-refractivity contribution >= 4 is 5.69 Å². The highest BCUT2D eigenvalue weighted by molar-refractivity contribution is 5.55. The molecule has 1 heterocycles. The fraction of sp³-hybridized carbons (Fsp3) is 0.571. The number of piperidine rings is 1. The molecule has 94 valence electrons. The molecule has 1 aliphatic rings. The zero-order valence-corrected chi connectivity index (χ0v) is 10.3. The maximum absolute atomic E-state index is 10.0. The number of aliphatic hydroxyl groups is 2. The van der Waals surface area contributed by atoms with Gasteiger partial charge in [0.15, 0.2) is 0 Å². The standard InChI is InChI=1S/C14H21NO2/c1-2-14(17)12-7-3-4-8-13(12)15-9-5-6-11(16)10-15/h3-4,7-8,11,14,16-17H,2,5-6,9-10H2,1H3. The summed E-state index contributed by atoms with van der Waals surface area (Å²) in [7, 11) is 0. The number of β-amino-alcohol motifs (C(OH)–C–C–N with tert-alkyl or cyclic N) is 1. The molecular formula is C14H21NO2. The van der Waals surface area contributed by atoms with Crippen LogP contribution in [0, 0.1) is 0 Å². The van der Waals surface area contributed by atoms with Crippen LogP contribution in [-0.2, 0) is 0 Å². The van der Waals surface area contributed by atoms with Crippen LogP contribution in [0.4, 0.5) is 5.69 Å². The fourth-order valence-electron chi connectivity index (χ4n) is 2.45. The maximum Gasteiger partial charge on any atom is 0.0807 e. The SMILES string of the molecule is CCC(O)c1ccccc1N1CCCC(O)C1. The average Bonchev–Trinajstić information content (AvgIpc) is 2.38. The normalized spacial score (nSPS) is 22.5. The molecule has 1 saturated heterocycles. The molecular weight excluding hydrogens is 214 g/mol. The number of anilines is 1. The highest BCUT2D eigenvalue weighted by Crippen LogP contribution is 2.29. The molecule has 0 amide bonds. The van der Waals surface area contributed by atoms with Crippen molar-refractivity contribution in [1.29, 1.82) is 0 Å². The van der Waals surface area contributed by atoms with Crippen molar-refractivity contribution < 1.29 is 10.2 Å². The van der Waals surface area contributed by atoms with Crippen molar-refractivity contribution in [2.75, 3.05) is 18.0 Å². The van der Waals surface area contributed by atoms with Crippen LogP contribution in [0.3, 0.4) is 0 Å². The zero-order valence-electron chi connectivity index (χ0n) is 10.3. The lowest BCUT2D eigenvalue weighted by atomic mass is 10.0. The van der Waals surface area contributed by atoms with E-state index in [1.165, 1.54) is 0 Å². The van der Waals surface area contributed by atoms with E-state index in [1.54, 1.807) is 0 Å². The Morgan fingerprint density at radius 2 is 2.18 bits per heavy atom. The highest BCUT2D eigenvalue weighted by atomic mass is 16.3. The largest absolute Gasteiger partial charge is 0.391 e. The first-order valence-electron chi connectivity index (χ1n) is 6.42. The Hall–Kier alpha value is -1.06. The van der Waals surface area contributed by atoms with E-state index >= 15 is 0 Å². The number of rotatable bonds is 3. The van der Waals surface area contributed by atoms with Crippen LogP contribution in [0.15, 0.2) is 24.3 Å². The van der Waals surface area contributed by atoms with Gasteiger partial charge in [0, 0.05) is 24.3 Å². The molecule has 2 atom stereocenters. The number of benzene rings is 1. The molecule has 0 bridgehead atoms. The van der Waals surface area contributed by atoms with Gasteiger partial charge >= 0.3 is 0 Å². The first-order valence-corrected chi connectivity index (χ1v) is 6.42. The molecule has 0 aliphatic carbocycles. The summed E-state index contributed by atoms with van der Waals surface area (Å²) < 4.78 is 0. The van der Waals surface area contributed by atoms with Gasteiger partial charge in [-0.25, -0.2) is 0 Å². The van der Waals surface area contributed by atoms with Gasteiger partial charge in [0.2, 0.25) is 0 Å². The lowest BCUT2D eigenvalue weighted by Crippen LogP contribution is -2.38. The van der Waals surface area contributed by atoms with E-state index in [4.69, 9.17) is 0 Å². The van der Waals surface area contributed by atoms with Gasteiger partial charge in [-0.05, 0) is 25.3 Å². The smallest absolute Gasteiger partial charge is 0.0807 e. The number of para-hydroxylation sites is 1. The first kappa shape index (κ1) is 12.4. The van der Waals surface area contributed by atoms with Crippen LogP contribution >= 0.6 is 0 Å². The predicted octanol–water partition coefficient (Wildman–Crippen LogP) is 2.09. The van der Waals surface area contributed by atoms with E-state index in [0.717, 1.165) is 30.6 Å². The van der Waals surface area contributed by atoms with Gasteiger partial charge in [-0.1, -0.05) is 25.1 Å². The summed E-state index contributed by atoms with van der Waals surface area (Å²) in [6, 6.07) is 7.96. The minimum atomic E-state index is -0.412. The molecule has 3 nitrogen and oxygen atoms in total. The second-order valence-corrected chi connectivity index (χ2v) is 4.72. The van der Waals surface area contributed by atoms with E-state index in [-0.39, 0.29) is 6.10 Å². The minimum Gasteiger partial charge on any atom is -0.391 e. The van der Waals surface area contributed by atoms with Crippen molar-refractivity contribution in [1.82, 2.24) is 0 Å². The highest BCUT2D eigenvalue weighted by Gasteiger charge is 2.21. The molecule has 2 rings (SSSR count). The molecule has 1 aromatic carbocycles. The van der Waals surface area contributed by atoms with Gasteiger partial charge in [-0.3, -0.25) is 0 Å². The van der Waals surface area contributed by atoms with Gasteiger partial charge < -0.3 is 15.1 Å². The molecule has 3 heteroatoms. The van der Waals surface area contributed by atoms with Crippen LogP contribution in [0.5, 0.6) is 0 Å². The summed E-state index contributed by atoms with van der Waals surface area (Å²) in [6.45, 7) is 3.62. The summed E-state index contributed by atoms with van der Waals surface area (Å²) in [6.07, 6.45) is 1.96. The van der Waals surface area contributed by atoms with Gasteiger partial charge in [0.1, 0.15) is 0 Å². The molecule has 1 aliphatic heterocycles. The van der Waals surface area contributed by atoms with E-state index in [2.05, 4.69) is 4.90 Å². The quantitative estimate of drug-likeness (QED) is 0.843. The van der Waals surface area contributed by atoms with E-state index in [0.29, 0.717) is 13.0 Å². The third-order valence-electron chi connectivity index (χ3n) is 3.42. The Balaban J connectivity index is 2.24. The van der Waals surface area contributed by atoms with Gasteiger partial charge in [-0.15, -0.1) is 0 Å². The third kappa shape index (κ3) is 2.79. The monoisotopic (exact) mass is 235 g/mol. The van der Waals surface area contributed by atoms with Crippen molar-refractivity contribution in [2.45, 2.75) is 38.4 Å². The van der Waals surface area contributed by atoms with Gasteiger partial charge in [0.05, 0.1) is 12.2 Å². The summed E-state index contributed by atoms with van der Waals surface area (Å²) in [5.74, 6) is 0. The Kier molecular flexibility index (Phi) is 4.02. The topological polar surface area (TPSA) is 43.7 Å². The molecule has 2 N–H and O–H groups in total. The number of hydrogen-bond acceptors (Lipinski definition) is 3. The predicted molar refractivity (Wildman–Crippen MR) is 69.1 cm³/mol.